The van der Waals surface area contributed by atoms with E-state index in [4.69, 9.17) is 0 Å². The van der Waals surface area contributed by atoms with E-state index in [1.54, 1.807) is 0 Å². The van der Waals surface area contributed by atoms with Crippen molar-refractivity contribution in [1.29, 1.82) is 0 Å². The van der Waals surface area contributed by atoms with Crippen molar-refractivity contribution in [3.05, 3.63) is 36.0 Å². The van der Waals surface area contributed by atoms with Gasteiger partial charge >= 0.3 is 0 Å². The lowest BCUT2D eigenvalue weighted by Crippen LogP contribution is -1.99. The minimum atomic E-state index is -1.89. The summed E-state index contributed by atoms with van der Waals surface area (Å²) in [6, 6.07) is 8.12. The lowest BCUT2D eigenvalue weighted by Gasteiger charge is -2.02. The molecule has 1 aliphatic carbocycles. The van der Waals surface area contributed by atoms with Gasteiger partial charge in [0.15, 0.2) is 0 Å². The van der Waals surface area contributed by atoms with E-state index in [-0.39, 0.29) is 5.25 Å². The summed E-state index contributed by atoms with van der Waals surface area (Å²) in [5.74, 6) is 0.317. The van der Waals surface area contributed by atoms with E-state index in [0.29, 0.717) is 5.92 Å². The zero-order chi connectivity index (χ0) is 11.1. The van der Waals surface area contributed by atoms with Gasteiger partial charge in [0, 0.05) is 22.3 Å². The second-order valence-electron chi connectivity index (χ2n) is 4.36. The molecule has 0 aliphatic heterocycles. The summed E-state index contributed by atoms with van der Waals surface area (Å²) in [7, 11) is 0. The standard InChI is InChI=1S/C12H13NO2S/c14-16(15)12-6-8(12)5-9-7-13-11-4-2-1-3-10(9)11/h1-4,7-8,12-13H,5-6H2,(H,14,15)/p-1. The minimum absolute atomic E-state index is 0.117. The van der Waals surface area contributed by atoms with Gasteiger partial charge in [-0.15, -0.1) is 0 Å². The number of fused-ring (bicyclic) bond motifs is 1. The number of hydrogen-bond donors (Lipinski definition) is 1. The van der Waals surface area contributed by atoms with Crippen molar-refractivity contribution in [2.75, 3.05) is 0 Å². The molecule has 0 saturated heterocycles. The van der Waals surface area contributed by atoms with Gasteiger partial charge in [-0.25, -0.2) is 0 Å². The third-order valence-corrected chi connectivity index (χ3v) is 4.33. The summed E-state index contributed by atoms with van der Waals surface area (Å²) >= 11 is -1.89. The van der Waals surface area contributed by atoms with E-state index in [9.17, 15) is 8.76 Å². The first-order chi connectivity index (χ1) is 7.75. The predicted octanol–water partition coefficient (Wildman–Crippen LogP) is 1.98. The maximum atomic E-state index is 10.8. The van der Waals surface area contributed by atoms with E-state index < -0.39 is 11.1 Å². The first-order valence-electron chi connectivity index (χ1n) is 5.39. The zero-order valence-electron chi connectivity index (χ0n) is 8.68. The summed E-state index contributed by atoms with van der Waals surface area (Å²) in [4.78, 5) is 3.21. The SMILES string of the molecule is O=S([O-])C1CC1Cc1c[nH]c2ccccc12. The molecule has 1 heterocycles. The molecule has 16 heavy (non-hydrogen) atoms. The average Bonchev–Trinajstić information content (AvgIpc) is 2.93. The maximum absolute atomic E-state index is 10.8. The van der Waals surface area contributed by atoms with E-state index in [0.717, 1.165) is 18.4 Å². The van der Waals surface area contributed by atoms with E-state index in [1.165, 1.54) is 10.9 Å². The minimum Gasteiger partial charge on any atom is -0.772 e. The second-order valence-corrected chi connectivity index (χ2v) is 5.48. The van der Waals surface area contributed by atoms with Crippen molar-refractivity contribution in [1.82, 2.24) is 4.98 Å². The van der Waals surface area contributed by atoms with Crippen molar-refractivity contribution in [2.24, 2.45) is 5.92 Å². The Labute approximate surface area is 96.2 Å². The normalized spacial score (nSPS) is 25.8. The molecule has 1 aliphatic rings. The first kappa shape index (κ1) is 10.1. The number of nitrogens with one attached hydrogen (secondary N) is 1. The Kier molecular flexibility index (Phi) is 2.33. The molecule has 1 fully saturated rings. The van der Waals surface area contributed by atoms with Crippen LogP contribution in [0.4, 0.5) is 0 Å². The maximum Gasteiger partial charge on any atom is 0.0456 e. The Balaban J connectivity index is 1.83. The molecule has 3 unspecified atom stereocenters. The van der Waals surface area contributed by atoms with Gasteiger partial charge in [0.2, 0.25) is 0 Å². The van der Waals surface area contributed by atoms with Gasteiger partial charge in [0.25, 0.3) is 0 Å². The number of para-hydroxylation sites is 1. The average molecular weight is 234 g/mol. The van der Waals surface area contributed by atoms with Crippen molar-refractivity contribution < 1.29 is 8.76 Å². The molecule has 3 atom stereocenters. The van der Waals surface area contributed by atoms with Crippen molar-refractivity contribution in [2.45, 2.75) is 18.1 Å². The van der Waals surface area contributed by atoms with Crippen molar-refractivity contribution in [3.8, 4) is 0 Å². The fourth-order valence-electron chi connectivity index (χ4n) is 2.25. The Hall–Kier alpha value is -1.13. The van der Waals surface area contributed by atoms with Crippen LogP contribution in [0.25, 0.3) is 10.9 Å². The van der Waals surface area contributed by atoms with Crippen LogP contribution in [-0.4, -0.2) is 19.0 Å². The van der Waals surface area contributed by atoms with Gasteiger partial charge in [-0.1, -0.05) is 29.3 Å². The van der Waals surface area contributed by atoms with Crippen LogP contribution in [-0.2, 0) is 17.5 Å². The van der Waals surface area contributed by atoms with Gasteiger partial charge in [0.1, 0.15) is 0 Å². The molecule has 4 heteroatoms. The third kappa shape index (κ3) is 1.68. The van der Waals surface area contributed by atoms with Gasteiger partial charge in [0.05, 0.1) is 0 Å². The monoisotopic (exact) mass is 234 g/mol. The Morgan fingerprint density at radius 1 is 1.44 bits per heavy atom. The first-order valence-corrected chi connectivity index (χ1v) is 6.52. The molecule has 84 valence electrons. The molecule has 2 aromatic rings. The van der Waals surface area contributed by atoms with Gasteiger partial charge in [-0.3, -0.25) is 4.21 Å². The third-order valence-electron chi connectivity index (χ3n) is 3.26. The lowest BCUT2D eigenvalue weighted by molar-refractivity contribution is 0.533. The van der Waals surface area contributed by atoms with Crippen LogP contribution in [0.1, 0.15) is 12.0 Å². The molecule has 3 nitrogen and oxygen atoms in total. The summed E-state index contributed by atoms with van der Waals surface area (Å²) in [6.07, 6.45) is 3.67. The lowest BCUT2D eigenvalue weighted by atomic mass is 10.1. The van der Waals surface area contributed by atoms with Crippen molar-refractivity contribution in [3.63, 3.8) is 0 Å². The van der Waals surface area contributed by atoms with Crippen LogP contribution in [0.3, 0.4) is 0 Å². The van der Waals surface area contributed by atoms with Gasteiger partial charge in [-0.05, 0) is 30.4 Å². The number of H-pyrrole nitrogens is 1. The van der Waals surface area contributed by atoms with Crippen LogP contribution in [0.5, 0.6) is 0 Å². The quantitative estimate of drug-likeness (QED) is 0.825. The van der Waals surface area contributed by atoms with Gasteiger partial charge < -0.3 is 9.54 Å². The molecule has 0 spiro atoms. The molecule has 0 radical (unpaired) electrons. The molecular formula is C12H12NO2S-. The number of benzene rings is 1. The van der Waals surface area contributed by atoms with Crippen LogP contribution in [0, 0.1) is 5.92 Å². The van der Waals surface area contributed by atoms with Crippen LogP contribution in [0.15, 0.2) is 30.5 Å². The molecule has 0 amide bonds. The Morgan fingerprint density at radius 2 is 2.25 bits per heavy atom. The van der Waals surface area contributed by atoms with Crippen LogP contribution in [0.2, 0.25) is 0 Å². The summed E-state index contributed by atoms with van der Waals surface area (Å²) in [5.41, 5.74) is 2.35. The van der Waals surface area contributed by atoms with E-state index in [1.807, 2.05) is 24.4 Å². The van der Waals surface area contributed by atoms with Crippen molar-refractivity contribution >= 4 is 22.0 Å². The molecule has 1 aromatic heterocycles. The van der Waals surface area contributed by atoms with Gasteiger partial charge in [-0.2, -0.15) is 0 Å². The fraction of sp³-hybridized carbons (Fsp3) is 0.333. The van der Waals surface area contributed by atoms with Crippen LogP contribution >= 0.6 is 0 Å². The number of aromatic amines is 1. The summed E-state index contributed by atoms with van der Waals surface area (Å²) in [5, 5.41) is 1.10. The highest BCUT2D eigenvalue weighted by Crippen LogP contribution is 2.38. The topological polar surface area (TPSA) is 55.9 Å². The summed E-state index contributed by atoms with van der Waals surface area (Å²) in [6.45, 7) is 0. The molecule has 0 bridgehead atoms. The highest BCUT2D eigenvalue weighted by atomic mass is 32.2. The summed E-state index contributed by atoms with van der Waals surface area (Å²) < 4.78 is 21.5. The molecule has 1 aromatic carbocycles. The van der Waals surface area contributed by atoms with E-state index >= 15 is 0 Å². The molecule has 1 saturated carbocycles. The smallest absolute Gasteiger partial charge is 0.0456 e. The second kappa shape index (κ2) is 3.71. The van der Waals surface area contributed by atoms with Crippen LogP contribution < -0.4 is 0 Å². The molecule has 3 rings (SSSR count). The number of hydrogen-bond acceptors (Lipinski definition) is 2. The van der Waals surface area contributed by atoms with E-state index in [2.05, 4.69) is 11.1 Å². The zero-order valence-corrected chi connectivity index (χ0v) is 9.50. The molecule has 1 N–H and O–H groups in total. The fourth-order valence-corrected chi connectivity index (χ4v) is 3.07. The Bertz CT molecular complexity index is 549. The highest BCUT2D eigenvalue weighted by Gasteiger charge is 2.38. The Morgan fingerprint density at radius 3 is 3.00 bits per heavy atom. The number of rotatable bonds is 3. The highest BCUT2D eigenvalue weighted by molar-refractivity contribution is 7.80. The predicted molar refractivity (Wildman–Crippen MR) is 62.8 cm³/mol. The largest absolute Gasteiger partial charge is 0.772 e. The number of aromatic nitrogens is 1. The molecular weight excluding hydrogens is 222 g/mol.